The van der Waals surface area contributed by atoms with Gasteiger partial charge in [0.1, 0.15) is 11.6 Å². The molecule has 1 aliphatic rings. The lowest BCUT2D eigenvalue weighted by atomic mass is 10.0. The number of aromatic nitrogens is 2. The van der Waals surface area contributed by atoms with Crippen LogP contribution in [0.4, 0.5) is 27.5 Å². The predicted molar refractivity (Wildman–Crippen MR) is 98.2 cm³/mol. The van der Waals surface area contributed by atoms with E-state index in [1.807, 2.05) is 19.1 Å². The van der Waals surface area contributed by atoms with Crippen LogP contribution in [-0.4, -0.2) is 16.5 Å². The summed E-state index contributed by atoms with van der Waals surface area (Å²) in [6.45, 7) is 2.83. The lowest BCUT2D eigenvalue weighted by Gasteiger charge is -2.30. The van der Waals surface area contributed by atoms with Gasteiger partial charge in [0.25, 0.3) is 0 Å². The number of hydrogen-bond acceptors (Lipinski definition) is 4. The maximum Gasteiger partial charge on any atom is 0.229 e. The zero-order chi connectivity index (χ0) is 17.2. The molecule has 0 amide bonds. The molecule has 0 saturated heterocycles. The van der Waals surface area contributed by atoms with Gasteiger partial charge in [0.2, 0.25) is 5.95 Å². The number of fused-ring (bicyclic) bond motifs is 1. The molecule has 0 atom stereocenters. The Kier molecular flexibility index (Phi) is 4.06. The van der Waals surface area contributed by atoms with Crippen LogP contribution in [0.1, 0.15) is 17.7 Å². The Balaban J connectivity index is 1.70. The van der Waals surface area contributed by atoms with Crippen LogP contribution in [0.5, 0.6) is 0 Å². The fourth-order valence-electron chi connectivity index (χ4n) is 3.20. The summed E-state index contributed by atoms with van der Waals surface area (Å²) in [5.74, 6) is 0.916. The minimum absolute atomic E-state index is 0.322. The highest BCUT2D eigenvalue weighted by atomic mass is 19.1. The molecular formula is C20H19FN4. The highest BCUT2D eigenvalue weighted by molar-refractivity contribution is 5.67. The van der Waals surface area contributed by atoms with Crippen LogP contribution >= 0.6 is 0 Å². The highest BCUT2D eigenvalue weighted by Crippen LogP contribution is 2.33. The van der Waals surface area contributed by atoms with Gasteiger partial charge in [-0.1, -0.05) is 30.3 Å². The maximum atomic E-state index is 13.9. The van der Waals surface area contributed by atoms with E-state index in [-0.39, 0.29) is 5.82 Å². The van der Waals surface area contributed by atoms with Crippen molar-refractivity contribution in [2.45, 2.75) is 19.8 Å². The molecular weight excluding hydrogens is 315 g/mol. The van der Waals surface area contributed by atoms with Crippen molar-refractivity contribution >= 4 is 23.1 Å². The number of para-hydroxylation sites is 2. The lowest BCUT2D eigenvalue weighted by Crippen LogP contribution is -2.25. The Hall–Kier alpha value is -2.95. The molecule has 1 aliphatic heterocycles. The van der Waals surface area contributed by atoms with Crippen molar-refractivity contribution in [1.29, 1.82) is 0 Å². The molecule has 2 aromatic carbocycles. The minimum atomic E-state index is -0.322. The number of anilines is 4. The number of aryl methyl sites for hydroxylation is 2. The van der Waals surface area contributed by atoms with E-state index in [2.05, 4.69) is 38.4 Å². The quantitative estimate of drug-likeness (QED) is 0.750. The molecule has 0 bridgehead atoms. The fourth-order valence-corrected chi connectivity index (χ4v) is 3.20. The minimum Gasteiger partial charge on any atom is -0.326 e. The van der Waals surface area contributed by atoms with Crippen molar-refractivity contribution in [3.63, 3.8) is 0 Å². The zero-order valence-corrected chi connectivity index (χ0v) is 14.0. The summed E-state index contributed by atoms with van der Waals surface area (Å²) in [4.78, 5) is 11.2. The maximum absolute atomic E-state index is 13.9. The number of benzene rings is 2. The Morgan fingerprint density at radius 3 is 2.72 bits per heavy atom. The van der Waals surface area contributed by atoms with E-state index in [1.54, 1.807) is 18.2 Å². The van der Waals surface area contributed by atoms with Crippen molar-refractivity contribution < 1.29 is 4.39 Å². The van der Waals surface area contributed by atoms with Gasteiger partial charge >= 0.3 is 0 Å². The van der Waals surface area contributed by atoms with Crippen LogP contribution in [0, 0.1) is 12.7 Å². The number of halogens is 1. The summed E-state index contributed by atoms with van der Waals surface area (Å²) in [6.07, 6.45) is 2.16. The van der Waals surface area contributed by atoms with E-state index < -0.39 is 0 Å². The first-order valence-corrected chi connectivity index (χ1v) is 8.43. The van der Waals surface area contributed by atoms with Gasteiger partial charge in [-0.2, -0.15) is 4.98 Å². The molecule has 0 unspecified atom stereocenters. The van der Waals surface area contributed by atoms with Crippen molar-refractivity contribution in [1.82, 2.24) is 9.97 Å². The number of rotatable bonds is 3. The van der Waals surface area contributed by atoms with Crippen LogP contribution < -0.4 is 10.2 Å². The molecule has 1 aromatic heterocycles. The summed E-state index contributed by atoms with van der Waals surface area (Å²) in [7, 11) is 0. The average Bonchev–Trinajstić information content (AvgIpc) is 2.63. The molecule has 4 rings (SSSR count). The molecule has 5 heteroatoms. The third-order valence-corrected chi connectivity index (χ3v) is 4.35. The summed E-state index contributed by atoms with van der Waals surface area (Å²) in [6, 6.07) is 16.9. The lowest BCUT2D eigenvalue weighted by molar-refractivity contribution is 0.631. The van der Waals surface area contributed by atoms with Gasteiger partial charge in [-0.15, -0.1) is 0 Å². The number of nitrogens with zero attached hydrogens (tertiary/aromatic N) is 3. The monoisotopic (exact) mass is 334 g/mol. The molecule has 0 radical (unpaired) electrons. The largest absolute Gasteiger partial charge is 0.326 e. The van der Waals surface area contributed by atoms with E-state index in [0.717, 1.165) is 30.9 Å². The van der Waals surface area contributed by atoms with Gasteiger partial charge in [0.05, 0.1) is 5.69 Å². The van der Waals surface area contributed by atoms with Gasteiger partial charge in [0.15, 0.2) is 0 Å². The van der Waals surface area contributed by atoms with Crippen molar-refractivity contribution in [2.75, 3.05) is 16.8 Å². The molecule has 0 saturated carbocycles. The first-order valence-electron chi connectivity index (χ1n) is 8.43. The van der Waals surface area contributed by atoms with Crippen molar-refractivity contribution in [2.24, 2.45) is 0 Å². The predicted octanol–water partition coefficient (Wildman–Crippen LogP) is 4.75. The molecule has 0 aliphatic carbocycles. The SMILES string of the molecule is Cc1cc(N2CCCc3ccccc32)nc(Nc2ccccc2F)n1. The molecule has 1 N–H and O–H groups in total. The van der Waals surface area contributed by atoms with Crippen LogP contribution in [-0.2, 0) is 6.42 Å². The van der Waals surface area contributed by atoms with E-state index in [9.17, 15) is 4.39 Å². The molecule has 2 heterocycles. The Labute approximate surface area is 146 Å². The second kappa shape index (κ2) is 6.51. The second-order valence-electron chi connectivity index (χ2n) is 6.18. The van der Waals surface area contributed by atoms with Crippen LogP contribution in [0.15, 0.2) is 54.6 Å². The van der Waals surface area contributed by atoms with E-state index in [4.69, 9.17) is 0 Å². The normalized spacial score (nSPS) is 13.4. The highest BCUT2D eigenvalue weighted by Gasteiger charge is 2.19. The summed E-state index contributed by atoms with van der Waals surface area (Å²) in [5.41, 5.74) is 3.72. The fraction of sp³-hybridized carbons (Fsp3) is 0.200. The van der Waals surface area contributed by atoms with Gasteiger partial charge in [-0.25, -0.2) is 9.37 Å². The molecule has 25 heavy (non-hydrogen) atoms. The third-order valence-electron chi connectivity index (χ3n) is 4.35. The third kappa shape index (κ3) is 3.18. The Morgan fingerprint density at radius 1 is 1.04 bits per heavy atom. The standard InChI is InChI=1S/C20H19FN4/c1-14-13-19(25-12-6-8-15-7-2-5-11-18(15)25)24-20(22-14)23-17-10-4-3-9-16(17)21/h2-5,7,9-11,13H,6,8,12H2,1H3,(H,22,23,24). The van der Waals surface area contributed by atoms with E-state index >= 15 is 0 Å². The summed E-state index contributed by atoms with van der Waals surface area (Å²) >= 11 is 0. The van der Waals surface area contributed by atoms with E-state index in [0.29, 0.717) is 11.6 Å². The topological polar surface area (TPSA) is 41.1 Å². The molecule has 4 nitrogen and oxygen atoms in total. The van der Waals surface area contributed by atoms with Gasteiger partial charge in [-0.3, -0.25) is 0 Å². The summed E-state index contributed by atoms with van der Waals surface area (Å²) < 4.78 is 13.9. The number of nitrogens with one attached hydrogen (secondary N) is 1. The van der Waals surface area contributed by atoms with Crippen LogP contribution in [0.2, 0.25) is 0 Å². The second-order valence-corrected chi connectivity index (χ2v) is 6.18. The Bertz CT molecular complexity index is 910. The van der Waals surface area contributed by atoms with Crippen LogP contribution in [0.3, 0.4) is 0 Å². The molecule has 0 spiro atoms. The van der Waals surface area contributed by atoms with Crippen molar-refractivity contribution in [3.05, 3.63) is 71.7 Å². The van der Waals surface area contributed by atoms with E-state index in [1.165, 1.54) is 17.3 Å². The van der Waals surface area contributed by atoms with Gasteiger partial charge < -0.3 is 10.2 Å². The summed E-state index contributed by atoms with van der Waals surface area (Å²) in [5, 5.41) is 2.99. The van der Waals surface area contributed by atoms with Crippen molar-refractivity contribution in [3.8, 4) is 0 Å². The first kappa shape index (κ1) is 15.6. The number of hydrogen-bond donors (Lipinski definition) is 1. The van der Waals surface area contributed by atoms with Gasteiger partial charge in [-0.05, 0) is 43.5 Å². The Morgan fingerprint density at radius 2 is 1.84 bits per heavy atom. The molecule has 126 valence electrons. The first-order chi connectivity index (χ1) is 12.2. The molecule has 0 fully saturated rings. The zero-order valence-electron chi connectivity index (χ0n) is 14.0. The smallest absolute Gasteiger partial charge is 0.229 e. The van der Waals surface area contributed by atoms with Crippen LogP contribution in [0.25, 0.3) is 0 Å². The molecule has 3 aromatic rings. The van der Waals surface area contributed by atoms with Gasteiger partial charge in [0, 0.05) is 24.0 Å². The average molecular weight is 334 g/mol.